The largest absolute Gasteiger partial charge is 0.490 e. The number of nitrogens with zero attached hydrogens (tertiary/aromatic N) is 1. The Labute approximate surface area is 153 Å². The summed E-state index contributed by atoms with van der Waals surface area (Å²) in [6.45, 7) is 3.67. The van der Waals surface area contributed by atoms with E-state index in [1.807, 2.05) is 19.1 Å². The molecule has 0 aromatic heterocycles. The summed E-state index contributed by atoms with van der Waals surface area (Å²) in [6.07, 6.45) is 0. The first-order valence-electron chi connectivity index (χ1n) is 7.68. The molecule has 0 bridgehead atoms. The molecule has 0 amide bonds. The summed E-state index contributed by atoms with van der Waals surface area (Å²) < 4.78 is 25.5. The lowest BCUT2D eigenvalue weighted by Gasteiger charge is -2.15. The molecule has 6 heteroatoms. The van der Waals surface area contributed by atoms with Gasteiger partial charge in [-0.3, -0.25) is 4.99 Å². The molecular formula is C18H17BrFNO2S. The summed E-state index contributed by atoms with van der Waals surface area (Å²) in [7, 11) is 0. The maximum Gasteiger partial charge on any atom is 0.175 e. The maximum absolute atomic E-state index is 13.0. The van der Waals surface area contributed by atoms with Crippen LogP contribution in [0, 0.1) is 5.82 Å². The zero-order chi connectivity index (χ0) is 16.9. The van der Waals surface area contributed by atoms with Crippen LogP contribution in [0.25, 0.3) is 0 Å². The van der Waals surface area contributed by atoms with E-state index in [1.54, 1.807) is 23.9 Å². The van der Waals surface area contributed by atoms with Crippen molar-refractivity contribution in [1.29, 1.82) is 0 Å². The van der Waals surface area contributed by atoms with E-state index in [1.165, 1.54) is 12.1 Å². The molecule has 2 aromatic rings. The van der Waals surface area contributed by atoms with Crippen LogP contribution in [0.4, 0.5) is 4.39 Å². The van der Waals surface area contributed by atoms with Crippen molar-refractivity contribution in [1.82, 2.24) is 0 Å². The van der Waals surface area contributed by atoms with Crippen LogP contribution in [-0.2, 0) is 6.61 Å². The van der Waals surface area contributed by atoms with Gasteiger partial charge in [-0.25, -0.2) is 4.39 Å². The monoisotopic (exact) mass is 409 g/mol. The molecule has 0 spiro atoms. The molecule has 0 unspecified atom stereocenters. The van der Waals surface area contributed by atoms with Crippen LogP contribution in [0.2, 0.25) is 0 Å². The molecule has 0 saturated carbocycles. The number of aliphatic imine (C=N–C) groups is 1. The van der Waals surface area contributed by atoms with Crippen molar-refractivity contribution >= 4 is 32.7 Å². The van der Waals surface area contributed by atoms with Gasteiger partial charge in [-0.15, -0.1) is 11.8 Å². The molecule has 126 valence electrons. The minimum atomic E-state index is -0.255. The van der Waals surface area contributed by atoms with E-state index in [4.69, 9.17) is 9.47 Å². The topological polar surface area (TPSA) is 30.8 Å². The lowest BCUT2D eigenvalue weighted by Crippen LogP contribution is -2.03. The van der Waals surface area contributed by atoms with Gasteiger partial charge >= 0.3 is 0 Å². The first kappa shape index (κ1) is 17.3. The average molecular weight is 410 g/mol. The van der Waals surface area contributed by atoms with E-state index in [2.05, 4.69) is 20.9 Å². The number of ether oxygens (including phenoxy) is 2. The fourth-order valence-corrected chi connectivity index (χ4v) is 3.74. The van der Waals surface area contributed by atoms with Crippen LogP contribution in [0.3, 0.4) is 0 Å². The number of thioether (sulfide) groups is 1. The number of hydrogen-bond donors (Lipinski definition) is 0. The van der Waals surface area contributed by atoms with Gasteiger partial charge in [0.05, 0.1) is 16.1 Å². The number of benzene rings is 2. The molecule has 0 saturated heterocycles. The highest BCUT2D eigenvalue weighted by Crippen LogP contribution is 2.39. The molecule has 1 aliphatic heterocycles. The van der Waals surface area contributed by atoms with Crippen molar-refractivity contribution < 1.29 is 13.9 Å². The minimum Gasteiger partial charge on any atom is -0.490 e. The van der Waals surface area contributed by atoms with Gasteiger partial charge in [0.2, 0.25) is 0 Å². The summed E-state index contributed by atoms with van der Waals surface area (Å²) in [6, 6.07) is 10.2. The smallest absolute Gasteiger partial charge is 0.175 e. The van der Waals surface area contributed by atoms with E-state index in [9.17, 15) is 4.39 Å². The summed E-state index contributed by atoms with van der Waals surface area (Å²) in [4.78, 5) is 4.51. The fraction of sp³-hybridized carbons (Fsp3) is 0.278. The van der Waals surface area contributed by atoms with Gasteiger partial charge in [-0.05, 0) is 52.7 Å². The van der Waals surface area contributed by atoms with Crippen molar-refractivity contribution in [2.45, 2.75) is 13.5 Å². The van der Waals surface area contributed by atoms with Crippen LogP contribution in [0.5, 0.6) is 11.5 Å². The second-order valence-electron chi connectivity index (χ2n) is 5.17. The van der Waals surface area contributed by atoms with E-state index < -0.39 is 0 Å². The predicted molar refractivity (Wildman–Crippen MR) is 99.9 cm³/mol. The molecule has 0 fully saturated rings. The minimum absolute atomic E-state index is 0.255. The lowest BCUT2D eigenvalue weighted by atomic mass is 10.2. The van der Waals surface area contributed by atoms with Crippen LogP contribution in [0.1, 0.15) is 18.1 Å². The number of rotatable bonds is 6. The van der Waals surface area contributed by atoms with E-state index in [0.29, 0.717) is 24.7 Å². The SMILES string of the molecule is CCOc1cc(C2=NCCS2)cc(Br)c1OCc1ccc(F)cc1. The Morgan fingerprint density at radius 2 is 2.00 bits per heavy atom. The summed E-state index contributed by atoms with van der Waals surface area (Å²) in [5, 5.41) is 1.03. The number of hydrogen-bond acceptors (Lipinski definition) is 4. The third kappa shape index (κ3) is 4.11. The third-order valence-electron chi connectivity index (χ3n) is 3.44. The molecule has 1 heterocycles. The van der Waals surface area contributed by atoms with E-state index >= 15 is 0 Å². The summed E-state index contributed by atoms with van der Waals surface area (Å²) in [5.74, 6) is 2.08. The quantitative estimate of drug-likeness (QED) is 0.667. The Kier molecular flexibility index (Phi) is 5.79. The first-order chi connectivity index (χ1) is 11.7. The third-order valence-corrected chi connectivity index (χ3v) is 5.05. The lowest BCUT2D eigenvalue weighted by molar-refractivity contribution is 0.267. The first-order valence-corrected chi connectivity index (χ1v) is 9.46. The summed E-state index contributed by atoms with van der Waals surface area (Å²) in [5.41, 5.74) is 1.92. The molecule has 0 aliphatic carbocycles. The van der Waals surface area contributed by atoms with Crippen LogP contribution in [-0.4, -0.2) is 23.9 Å². The Morgan fingerprint density at radius 1 is 1.21 bits per heavy atom. The zero-order valence-electron chi connectivity index (χ0n) is 13.2. The van der Waals surface area contributed by atoms with Crippen molar-refractivity contribution in [2.75, 3.05) is 18.9 Å². The van der Waals surface area contributed by atoms with Crippen LogP contribution >= 0.6 is 27.7 Å². The molecule has 0 atom stereocenters. The van der Waals surface area contributed by atoms with E-state index in [-0.39, 0.29) is 5.82 Å². The Morgan fingerprint density at radius 3 is 2.67 bits per heavy atom. The molecule has 0 radical (unpaired) electrons. The highest BCUT2D eigenvalue weighted by molar-refractivity contribution is 9.10. The second-order valence-corrected chi connectivity index (χ2v) is 7.11. The molecule has 0 N–H and O–H groups in total. The highest BCUT2D eigenvalue weighted by atomic mass is 79.9. The Hall–Kier alpha value is -1.53. The maximum atomic E-state index is 13.0. The second kappa shape index (κ2) is 8.03. The number of halogens is 2. The van der Waals surface area contributed by atoms with Gasteiger partial charge in [-0.1, -0.05) is 12.1 Å². The van der Waals surface area contributed by atoms with Gasteiger partial charge in [0.15, 0.2) is 11.5 Å². The molecule has 2 aromatic carbocycles. The van der Waals surface area contributed by atoms with Crippen molar-refractivity contribution in [3.05, 3.63) is 57.8 Å². The van der Waals surface area contributed by atoms with Gasteiger partial charge in [-0.2, -0.15) is 0 Å². The van der Waals surface area contributed by atoms with Crippen molar-refractivity contribution in [3.63, 3.8) is 0 Å². The highest BCUT2D eigenvalue weighted by Gasteiger charge is 2.17. The van der Waals surface area contributed by atoms with Crippen molar-refractivity contribution in [3.8, 4) is 11.5 Å². The standard InChI is InChI=1S/C18H17BrFNO2S/c1-2-22-16-10-13(18-21-7-8-24-18)9-15(19)17(16)23-11-12-3-5-14(20)6-4-12/h3-6,9-10H,2,7-8,11H2,1H3. The average Bonchev–Trinajstić information content (AvgIpc) is 3.10. The van der Waals surface area contributed by atoms with Crippen molar-refractivity contribution in [2.24, 2.45) is 4.99 Å². The fourth-order valence-electron chi connectivity index (χ4n) is 2.34. The molecule has 3 rings (SSSR count). The van der Waals surface area contributed by atoms with Gasteiger partial charge < -0.3 is 9.47 Å². The van der Waals surface area contributed by atoms with Crippen LogP contribution in [0.15, 0.2) is 45.9 Å². The Balaban J connectivity index is 1.84. The van der Waals surface area contributed by atoms with Gasteiger partial charge in [0, 0.05) is 17.9 Å². The molecular weight excluding hydrogens is 393 g/mol. The normalized spacial score (nSPS) is 13.7. The molecule has 1 aliphatic rings. The van der Waals surface area contributed by atoms with Gasteiger partial charge in [0.1, 0.15) is 12.4 Å². The zero-order valence-corrected chi connectivity index (χ0v) is 15.6. The molecule has 3 nitrogen and oxygen atoms in total. The van der Waals surface area contributed by atoms with Crippen LogP contribution < -0.4 is 9.47 Å². The predicted octanol–water partition coefficient (Wildman–Crippen LogP) is 5.06. The summed E-state index contributed by atoms with van der Waals surface area (Å²) >= 11 is 5.32. The molecule has 24 heavy (non-hydrogen) atoms. The van der Waals surface area contributed by atoms with E-state index in [0.717, 1.165) is 32.9 Å². The van der Waals surface area contributed by atoms with Gasteiger partial charge in [0.25, 0.3) is 0 Å². The Bertz CT molecular complexity index is 749.